The minimum Gasteiger partial charge on any atom is -0.244 e. The van der Waals surface area contributed by atoms with E-state index in [1.165, 1.54) is 0 Å². The average Bonchev–Trinajstić information content (AvgIpc) is 1.77. The Morgan fingerprint density at radius 3 is 2.18 bits per heavy atom. The smallest absolute Gasteiger partial charge is 0.244 e. The molecule has 0 aromatic rings. The van der Waals surface area contributed by atoms with Gasteiger partial charge in [-0.15, -0.1) is 3.89 Å². The molecule has 0 saturated heterocycles. The SMILES string of the molecule is O=S(=O)(F)CCC1(F)CCC1. The molecule has 0 aliphatic heterocycles. The van der Waals surface area contributed by atoms with Crippen molar-refractivity contribution >= 4 is 10.2 Å². The molecular weight excluding hydrogens is 174 g/mol. The van der Waals surface area contributed by atoms with Gasteiger partial charge >= 0.3 is 10.2 Å². The first-order valence-corrected chi connectivity index (χ1v) is 5.08. The molecule has 5 heteroatoms. The molecule has 66 valence electrons. The first-order chi connectivity index (χ1) is 4.91. The van der Waals surface area contributed by atoms with Crippen LogP contribution >= 0.6 is 0 Å². The third kappa shape index (κ3) is 2.73. The van der Waals surface area contributed by atoms with Crippen LogP contribution in [0.2, 0.25) is 0 Å². The van der Waals surface area contributed by atoms with Crippen molar-refractivity contribution in [2.24, 2.45) is 0 Å². The van der Waals surface area contributed by atoms with Gasteiger partial charge in [0.25, 0.3) is 0 Å². The van der Waals surface area contributed by atoms with E-state index in [9.17, 15) is 16.7 Å². The third-order valence-electron chi connectivity index (χ3n) is 2.04. The molecule has 1 saturated carbocycles. The molecule has 1 aliphatic carbocycles. The van der Waals surface area contributed by atoms with Crippen LogP contribution in [0.3, 0.4) is 0 Å². The van der Waals surface area contributed by atoms with E-state index >= 15 is 0 Å². The van der Waals surface area contributed by atoms with E-state index in [1.807, 2.05) is 0 Å². The standard InChI is InChI=1S/C6H10F2O2S/c7-6(2-1-3-6)4-5-11(8,9)10/h1-5H2. The maximum Gasteiger partial charge on any atom is 0.302 e. The molecule has 1 fully saturated rings. The summed E-state index contributed by atoms with van der Waals surface area (Å²) in [6.07, 6.45) is 1.35. The van der Waals surface area contributed by atoms with Crippen molar-refractivity contribution in [3.8, 4) is 0 Å². The number of hydrogen-bond donors (Lipinski definition) is 0. The Hall–Kier alpha value is -0.190. The summed E-state index contributed by atoms with van der Waals surface area (Å²) in [5.41, 5.74) is -1.39. The topological polar surface area (TPSA) is 34.1 Å². The Balaban J connectivity index is 2.33. The van der Waals surface area contributed by atoms with E-state index in [0.29, 0.717) is 12.8 Å². The fraction of sp³-hybridized carbons (Fsp3) is 1.00. The lowest BCUT2D eigenvalue weighted by molar-refractivity contribution is 0.0600. The van der Waals surface area contributed by atoms with Gasteiger partial charge in [-0.2, -0.15) is 8.42 Å². The Labute approximate surface area is 64.8 Å². The Kier molecular flexibility index (Phi) is 2.18. The predicted octanol–water partition coefficient (Wildman–Crippen LogP) is 1.57. The number of rotatable bonds is 3. The second kappa shape index (κ2) is 2.69. The molecule has 0 aromatic heterocycles. The Morgan fingerprint density at radius 2 is 1.91 bits per heavy atom. The van der Waals surface area contributed by atoms with Gasteiger partial charge in [0.15, 0.2) is 0 Å². The van der Waals surface area contributed by atoms with Crippen LogP contribution in [0, 0.1) is 0 Å². The molecule has 2 nitrogen and oxygen atoms in total. The molecule has 0 amide bonds. The summed E-state index contributed by atoms with van der Waals surface area (Å²) in [5, 5.41) is 0. The van der Waals surface area contributed by atoms with Crippen LogP contribution in [0.4, 0.5) is 8.28 Å². The number of alkyl halides is 1. The van der Waals surface area contributed by atoms with Crippen molar-refractivity contribution < 1.29 is 16.7 Å². The fourth-order valence-electron chi connectivity index (χ4n) is 1.12. The minimum atomic E-state index is -4.47. The predicted molar refractivity (Wildman–Crippen MR) is 37.2 cm³/mol. The van der Waals surface area contributed by atoms with Crippen molar-refractivity contribution in [2.45, 2.75) is 31.4 Å². The molecule has 0 radical (unpaired) electrons. The molecule has 0 heterocycles. The van der Waals surface area contributed by atoms with Gasteiger partial charge in [0, 0.05) is 0 Å². The highest BCUT2D eigenvalue weighted by Crippen LogP contribution is 2.38. The molecule has 1 aliphatic rings. The van der Waals surface area contributed by atoms with Gasteiger partial charge < -0.3 is 0 Å². The Bertz CT molecular complexity index is 231. The highest BCUT2D eigenvalue weighted by Gasteiger charge is 2.37. The lowest BCUT2D eigenvalue weighted by Crippen LogP contribution is -2.33. The van der Waals surface area contributed by atoms with E-state index in [1.54, 1.807) is 0 Å². The van der Waals surface area contributed by atoms with Gasteiger partial charge in [-0.25, -0.2) is 4.39 Å². The van der Waals surface area contributed by atoms with E-state index in [2.05, 4.69) is 0 Å². The van der Waals surface area contributed by atoms with Crippen molar-refractivity contribution in [3.05, 3.63) is 0 Å². The monoisotopic (exact) mass is 184 g/mol. The molecule has 0 unspecified atom stereocenters. The lowest BCUT2D eigenvalue weighted by atomic mass is 9.80. The maximum atomic E-state index is 13.0. The van der Waals surface area contributed by atoms with E-state index < -0.39 is 21.6 Å². The first kappa shape index (κ1) is 8.90. The molecule has 0 bridgehead atoms. The van der Waals surface area contributed by atoms with E-state index in [-0.39, 0.29) is 6.42 Å². The van der Waals surface area contributed by atoms with Crippen LogP contribution in [0.1, 0.15) is 25.7 Å². The summed E-state index contributed by atoms with van der Waals surface area (Å²) in [7, 11) is -4.47. The summed E-state index contributed by atoms with van der Waals surface area (Å²) in [6.45, 7) is 0. The highest BCUT2D eigenvalue weighted by atomic mass is 32.3. The van der Waals surface area contributed by atoms with Crippen LogP contribution in [0.15, 0.2) is 0 Å². The molecule has 0 N–H and O–H groups in total. The summed E-state index contributed by atoms with van der Waals surface area (Å²) in [4.78, 5) is 0. The normalized spacial score (nSPS) is 22.7. The van der Waals surface area contributed by atoms with Crippen LogP contribution in [-0.2, 0) is 10.2 Å². The first-order valence-electron chi connectivity index (χ1n) is 3.53. The quantitative estimate of drug-likeness (QED) is 0.624. The summed E-state index contributed by atoms with van der Waals surface area (Å²) in [6, 6.07) is 0. The Morgan fingerprint density at radius 1 is 1.36 bits per heavy atom. The van der Waals surface area contributed by atoms with E-state index in [4.69, 9.17) is 0 Å². The zero-order valence-electron chi connectivity index (χ0n) is 6.02. The van der Waals surface area contributed by atoms with Crippen molar-refractivity contribution in [3.63, 3.8) is 0 Å². The second-order valence-electron chi connectivity index (χ2n) is 3.00. The number of halogens is 2. The molecule has 0 aromatic carbocycles. The molecular formula is C6H10F2O2S. The van der Waals surface area contributed by atoms with E-state index in [0.717, 1.165) is 6.42 Å². The largest absolute Gasteiger partial charge is 0.302 e. The third-order valence-corrected chi connectivity index (χ3v) is 2.74. The highest BCUT2D eigenvalue weighted by molar-refractivity contribution is 7.86. The summed E-state index contributed by atoms with van der Waals surface area (Å²) >= 11 is 0. The van der Waals surface area contributed by atoms with Gasteiger partial charge in [-0.1, -0.05) is 0 Å². The molecule has 1 rings (SSSR count). The van der Waals surface area contributed by atoms with Gasteiger partial charge in [0.1, 0.15) is 5.67 Å². The molecule has 11 heavy (non-hydrogen) atoms. The summed E-state index contributed by atoms with van der Waals surface area (Å²) in [5.74, 6) is -0.677. The average molecular weight is 184 g/mol. The van der Waals surface area contributed by atoms with Crippen molar-refractivity contribution in [1.29, 1.82) is 0 Å². The van der Waals surface area contributed by atoms with Crippen LogP contribution in [-0.4, -0.2) is 19.8 Å². The second-order valence-corrected chi connectivity index (χ2v) is 4.48. The molecule has 0 spiro atoms. The lowest BCUT2D eigenvalue weighted by Gasteiger charge is -2.33. The minimum absolute atomic E-state index is 0.189. The van der Waals surface area contributed by atoms with Gasteiger partial charge in [0.05, 0.1) is 5.75 Å². The maximum absolute atomic E-state index is 13.0. The zero-order chi connectivity index (χ0) is 8.54. The van der Waals surface area contributed by atoms with Crippen LogP contribution in [0.25, 0.3) is 0 Å². The zero-order valence-corrected chi connectivity index (χ0v) is 6.83. The summed E-state index contributed by atoms with van der Waals surface area (Å²) < 4.78 is 44.9. The van der Waals surface area contributed by atoms with Crippen LogP contribution < -0.4 is 0 Å². The van der Waals surface area contributed by atoms with Crippen molar-refractivity contribution in [2.75, 3.05) is 5.75 Å². The fourth-order valence-corrected chi connectivity index (χ4v) is 1.72. The number of hydrogen-bond acceptors (Lipinski definition) is 2. The van der Waals surface area contributed by atoms with Crippen LogP contribution in [0.5, 0.6) is 0 Å². The molecule has 0 atom stereocenters. The van der Waals surface area contributed by atoms with Gasteiger partial charge in [-0.3, -0.25) is 0 Å². The van der Waals surface area contributed by atoms with Gasteiger partial charge in [-0.05, 0) is 25.7 Å². The van der Waals surface area contributed by atoms with Gasteiger partial charge in [0.2, 0.25) is 0 Å². The van der Waals surface area contributed by atoms with Crippen molar-refractivity contribution in [1.82, 2.24) is 0 Å².